The number of aliphatic hydroxyl groups is 2. The van der Waals surface area contributed by atoms with Crippen molar-refractivity contribution in [3.63, 3.8) is 0 Å². The summed E-state index contributed by atoms with van der Waals surface area (Å²) in [7, 11) is 0. The lowest BCUT2D eigenvalue weighted by molar-refractivity contribution is -0.0719. The molecule has 4 atom stereocenters. The molecule has 10 heteroatoms. The van der Waals surface area contributed by atoms with E-state index in [4.69, 9.17) is 10.5 Å². The van der Waals surface area contributed by atoms with Crippen LogP contribution in [0.2, 0.25) is 0 Å². The number of nitriles is 1. The number of anilines is 1. The molecule has 0 aliphatic carbocycles. The fourth-order valence-corrected chi connectivity index (χ4v) is 2.68. The molecule has 0 spiro atoms. The smallest absolute Gasteiger partial charge is 0.235 e. The lowest BCUT2D eigenvalue weighted by atomic mass is 9.82. The molecule has 1 saturated heterocycles. The number of aromatic nitrogens is 4. The van der Waals surface area contributed by atoms with Crippen LogP contribution in [-0.2, 0) is 10.3 Å². The van der Waals surface area contributed by atoms with Crippen molar-refractivity contribution in [2.75, 3.05) is 12.3 Å². The van der Waals surface area contributed by atoms with Crippen LogP contribution in [0.4, 0.5) is 10.2 Å². The molecule has 1 aliphatic rings. The van der Waals surface area contributed by atoms with Crippen LogP contribution in [0, 0.1) is 11.3 Å². The molecule has 1 fully saturated rings. The summed E-state index contributed by atoms with van der Waals surface area (Å²) in [5.41, 5.74) is 1.06. The van der Waals surface area contributed by atoms with Crippen LogP contribution in [0.25, 0.3) is 5.65 Å². The Hall–Kier alpha value is -2.35. The zero-order valence-corrected chi connectivity index (χ0v) is 11.5. The van der Waals surface area contributed by atoms with Crippen molar-refractivity contribution in [3.05, 3.63) is 18.2 Å². The van der Waals surface area contributed by atoms with Crippen LogP contribution in [0.3, 0.4) is 0 Å². The van der Waals surface area contributed by atoms with E-state index in [1.165, 1.54) is 6.20 Å². The highest BCUT2D eigenvalue weighted by Gasteiger charge is 2.67. The summed E-state index contributed by atoms with van der Waals surface area (Å²) in [6.07, 6.45) is -0.627. The Kier molecular flexibility index (Phi) is 3.03. The number of alkyl halides is 1. The second kappa shape index (κ2) is 4.57. The molecule has 9 nitrogen and oxygen atoms in total. The fourth-order valence-electron chi connectivity index (χ4n) is 2.68. The molecular weight excluding hydrogens is 295 g/mol. The van der Waals surface area contributed by atoms with Gasteiger partial charge in [-0.15, -0.1) is 0 Å². The summed E-state index contributed by atoms with van der Waals surface area (Å²) in [5, 5.41) is 32.7. The number of hydrogen-bond donors (Lipinski definition) is 3. The topological polar surface area (TPSA) is 143 Å². The van der Waals surface area contributed by atoms with Crippen LogP contribution in [0.15, 0.2) is 12.5 Å². The number of nitrogens with two attached hydrogens (primary N) is 1. The van der Waals surface area contributed by atoms with Gasteiger partial charge in [0.15, 0.2) is 17.1 Å². The predicted molar refractivity (Wildman–Crippen MR) is 70.0 cm³/mol. The van der Waals surface area contributed by atoms with E-state index in [-0.39, 0.29) is 17.2 Å². The Morgan fingerprint density at radius 3 is 2.91 bits per heavy atom. The molecule has 0 radical (unpaired) electrons. The summed E-state index contributed by atoms with van der Waals surface area (Å²) >= 11 is 0. The molecule has 0 bridgehead atoms. The molecule has 2 aromatic heterocycles. The Labute approximate surface area is 123 Å². The van der Waals surface area contributed by atoms with Crippen molar-refractivity contribution < 1.29 is 19.3 Å². The monoisotopic (exact) mass is 308 g/mol. The number of rotatable bonds is 2. The maximum Gasteiger partial charge on any atom is 0.235 e. The van der Waals surface area contributed by atoms with E-state index >= 15 is 4.39 Å². The van der Waals surface area contributed by atoms with Gasteiger partial charge in [-0.1, -0.05) is 0 Å². The lowest BCUT2D eigenvalue weighted by Gasteiger charge is -2.30. The summed E-state index contributed by atoms with van der Waals surface area (Å²) < 4.78 is 21.6. The van der Waals surface area contributed by atoms with Crippen LogP contribution in [0.1, 0.15) is 12.6 Å². The van der Waals surface area contributed by atoms with Gasteiger partial charge in [0, 0.05) is 0 Å². The average Bonchev–Trinajstić information content (AvgIpc) is 3.01. The van der Waals surface area contributed by atoms with E-state index in [0.29, 0.717) is 0 Å². The summed E-state index contributed by atoms with van der Waals surface area (Å²) in [4.78, 5) is 7.72. The molecule has 0 amide bonds. The van der Waals surface area contributed by atoms with Gasteiger partial charge in [0.05, 0.1) is 12.8 Å². The number of imidazole rings is 1. The molecular formula is C12H13FN6O3. The van der Waals surface area contributed by atoms with Crippen molar-refractivity contribution in [2.45, 2.75) is 30.4 Å². The Morgan fingerprint density at radius 2 is 2.32 bits per heavy atom. The van der Waals surface area contributed by atoms with Crippen LogP contribution < -0.4 is 5.73 Å². The first-order valence-electron chi connectivity index (χ1n) is 6.40. The first kappa shape index (κ1) is 14.6. The van der Waals surface area contributed by atoms with Gasteiger partial charge in [-0.05, 0) is 6.92 Å². The molecule has 0 unspecified atom stereocenters. The Morgan fingerprint density at radius 1 is 1.59 bits per heavy atom. The van der Waals surface area contributed by atoms with E-state index in [2.05, 4.69) is 15.1 Å². The fraction of sp³-hybridized carbons (Fsp3) is 0.500. The molecule has 4 N–H and O–H groups in total. The minimum atomic E-state index is -2.50. The number of nitrogen functional groups attached to an aromatic ring is 1. The van der Waals surface area contributed by atoms with E-state index in [1.54, 1.807) is 6.07 Å². The highest BCUT2D eigenvalue weighted by atomic mass is 19.1. The summed E-state index contributed by atoms with van der Waals surface area (Å²) in [6.45, 7) is 0.387. The molecule has 116 valence electrons. The van der Waals surface area contributed by atoms with Crippen LogP contribution in [0.5, 0.6) is 0 Å². The Bertz CT molecular complexity index is 772. The quantitative estimate of drug-likeness (QED) is 0.635. The van der Waals surface area contributed by atoms with E-state index in [1.807, 2.05) is 0 Å². The molecule has 22 heavy (non-hydrogen) atoms. The van der Waals surface area contributed by atoms with Gasteiger partial charge in [-0.3, -0.25) is 0 Å². The van der Waals surface area contributed by atoms with Gasteiger partial charge in [-0.25, -0.2) is 18.9 Å². The number of halogens is 1. The van der Waals surface area contributed by atoms with Gasteiger partial charge < -0.3 is 20.7 Å². The Balaban J connectivity index is 2.27. The molecule has 1 aliphatic heterocycles. The first-order valence-corrected chi connectivity index (χ1v) is 6.40. The molecule has 0 saturated carbocycles. The van der Waals surface area contributed by atoms with E-state index in [0.717, 1.165) is 17.8 Å². The minimum Gasteiger partial charge on any atom is -0.394 e. The molecule has 0 aromatic carbocycles. The average molecular weight is 308 g/mol. The van der Waals surface area contributed by atoms with E-state index in [9.17, 15) is 15.5 Å². The number of fused-ring (bicyclic) bond motifs is 1. The highest BCUT2D eigenvalue weighted by Crippen LogP contribution is 2.49. The van der Waals surface area contributed by atoms with Crippen molar-refractivity contribution in [2.24, 2.45) is 0 Å². The third kappa shape index (κ3) is 1.58. The number of aliphatic hydroxyl groups excluding tert-OH is 2. The standard InChI is InChI=1S/C12H13FN6O3/c1-11(13)8(21)6(3-20)22-12(11,4-14)7-2-16-10-9(15)17-5-18-19(7)10/h2,5-6,8,20-21H,3H2,1H3,(H2,15,17,18)/t6-,8-,11-,12+/m1/s1. The van der Waals surface area contributed by atoms with Gasteiger partial charge in [0.2, 0.25) is 5.60 Å². The zero-order valence-electron chi connectivity index (χ0n) is 11.5. The van der Waals surface area contributed by atoms with Crippen molar-refractivity contribution in [1.82, 2.24) is 19.6 Å². The first-order chi connectivity index (χ1) is 10.4. The second-order valence-corrected chi connectivity index (χ2v) is 5.18. The number of hydrogen-bond acceptors (Lipinski definition) is 8. The zero-order chi connectivity index (χ0) is 16.1. The SMILES string of the molecule is C[C@@]1(F)[C@H](O)[C@@H](CO)O[C@@]1(C#N)c1cnc2c(N)ncnn12. The van der Waals surface area contributed by atoms with E-state index < -0.39 is 30.1 Å². The normalized spacial score (nSPS) is 34.9. The third-order valence-corrected chi connectivity index (χ3v) is 3.95. The lowest BCUT2D eigenvalue weighted by Crippen LogP contribution is -2.48. The maximum atomic E-state index is 15.1. The highest BCUT2D eigenvalue weighted by molar-refractivity contribution is 5.59. The third-order valence-electron chi connectivity index (χ3n) is 3.95. The minimum absolute atomic E-state index is 0.0425. The summed E-state index contributed by atoms with van der Waals surface area (Å²) in [5.74, 6) is 0.0483. The van der Waals surface area contributed by atoms with Gasteiger partial charge in [0.1, 0.15) is 30.3 Å². The summed E-state index contributed by atoms with van der Waals surface area (Å²) in [6, 6.07) is 1.75. The predicted octanol–water partition coefficient (Wildman–Crippen LogP) is -1.09. The molecule has 3 heterocycles. The van der Waals surface area contributed by atoms with Gasteiger partial charge in [-0.2, -0.15) is 10.4 Å². The van der Waals surface area contributed by atoms with Crippen LogP contribution in [-0.4, -0.2) is 54.3 Å². The van der Waals surface area contributed by atoms with Gasteiger partial charge in [0.25, 0.3) is 0 Å². The van der Waals surface area contributed by atoms with Crippen molar-refractivity contribution in [1.29, 1.82) is 5.26 Å². The second-order valence-electron chi connectivity index (χ2n) is 5.18. The van der Waals surface area contributed by atoms with Crippen molar-refractivity contribution in [3.8, 4) is 6.07 Å². The molecule has 3 rings (SSSR count). The number of nitrogens with zero attached hydrogens (tertiary/aromatic N) is 5. The molecule has 2 aromatic rings. The number of ether oxygens (including phenoxy) is 1. The maximum absolute atomic E-state index is 15.1. The van der Waals surface area contributed by atoms with Gasteiger partial charge >= 0.3 is 0 Å². The van der Waals surface area contributed by atoms with Crippen molar-refractivity contribution >= 4 is 11.5 Å². The largest absolute Gasteiger partial charge is 0.394 e. The van der Waals surface area contributed by atoms with Crippen LogP contribution >= 0.6 is 0 Å².